The smallest absolute Gasteiger partial charge is 0.406 e. The Morgan fingerprint density at radius 1 is 1.35 bits per heavy atom. The van der Waals surface area contributed by atoms with Crippen LogP contribution in [0, 0.1) is 0 Å². The monoisotopic (exact) mass is 287 g/mol. The predicted molar refractivity (Wildman–Crippen MR) is 67.9 cm³/mol. The number of benzene rings is 1. The van der Waals surface area contributed by atoms with Crippen molar-refractivity contribution in [2.75, 3.05) is 19.7 Å². The van der Waals surface area contributed by atoms with Gasteiger partial charge in [0.1, 0.15) is 18.9 Å². The summed E-state index contributed by atoms with van der Waals surface area (Å²) in [6, 6.07) is 5.14. The fraction of sp³-hybridized carbons (Fsp3) is 0.500. The van der Waals surface area contributed by atoms with E-state index < -0.39 is 18.6 Å². The van der Waals surface area contributed by atoms with Crippen LogP contribution in [-0.4, -0.2) is 36.7 Å². The number of aryl methyl sites for hydroxylation is 1. The number of fused-ring (bicyclic) bond motifs is 1. The van der Waals surface area contributed by atoms with E-state index in [9.17, 15) is 18.0 Å². The van der Waals surface area contributed by atoms with E-state index in [1.165, 1.54) is 0 Å². The summed E-state index contributed by atoms with van der Waals surface area (Å²) in [5.41, 5.74) is 1.15. The maximum absolute atomic E-state index is 12.5. The molecule has 0 fully saturated rings. The fourth-order valence-electron chi connectivity index (χ4n) is 2.22. The molecule has 0 aliphatic carbocycles. The first-order chi connectivity index (χ1) is 9.40. The van der Waals surface area contributed by atoms with E-state index in [1.54, 1.807) is 12.1 Å². The van der Waals surface area contributed by atoms with Gasteiger partial charge in [-0.1, -0.05) is 19.4 Å². The number of rotatable bonds is 3. The summed E-state index contributed by atoms with van der Waals surface area (Å²) >= 11 is 0. The van der Waals surface area contributed by atoms with Crippen LogP contribution in [-0.2, 0) is 6.42 Å². The Hall–Kier alpha value is -1.72. The molecule has 1 aliphatic rings. The first-order valence-corrected chi connectivity index (χ1v) is 6.52. The summed E-state index contributed by atoms with van der Waals surface area (Å²) in [4.78, 5) is 13.0. The maximum atomic E-state index is 12.5. The van der Waals surface area contributed by atoms with Crippen molar-refractivity contribution in [3.05, 3.63) is 29.3 Å². The summed E-state index contributed by atoms with van der Waals surface area (Å²) in [6.45, 7) is 0.769. The van der Waals surface area contributed by atoms with Crippen molar-refractivity contribution >= 4 is 5.91 Å². The van der Waals surface area contributed by atoms with Gasteiger partial charge in [0, 0.05) is 0 Å². The normalized spacial score (nSPS) is 15.6. The van der Waals surface area contributed by atoms with Crippen LogP contribution in [0.3, 0.4) is 0 Å². The molecule has 0 radical (unpaired) electrons. The zero-order chi connectivity index (χ0) is 14.8. The number of carbonyl (C=O) groups excluding carboxylic acids is 1. The van der Waals surface area contributed by atoms with Gasteiger partial charge in [0.15, 0.2) is 0 Å². The van der Waals surface area contributed by atoms with Crippen LogP contribution in [0.25, 0.3) is 0 Å². The third kappa shape index (κ3) is 3.43. The van der Waals surface area contributed by atoms with Crippen molar-refractivity contribution in [2.24, 2.45) is 0 Å². The standard InChI is InChI=1S/C14H16F3NO2/c1-2-3-10-4-5-12-11(8-10)13(19)18(6-7-20-12)9-14(15,16)17/h4-5,8H,2-3,6-7,9H2,1H3. The van der Waals surface area contributed by atoms with Gasteiger partial charge in [0.25, 0.3) is 5.91 Å². The van der Waals surface area contributed by atoms with Gasteiger partial charge >= 0.3 is 6.18 Å². The topological polar surface area (TPSA) is 29.5 Å². The lowest BCUT2D eigenvalue weighted by atomic mass is 10.0. The molecule has 1 amide bonds. The quantitative estimate of drug-likeness (QED) is 0.855. The first kappa shape index (κ1) is 14.7. The highest BCUT2D eigenvalue weighted by Crippen LogP contribution is 2.27. The Kier molecular flexibility index (Phi) is 4.20. The number of alkyl halides is 3. The summed E-state index contributed by atoms with van der Waals surface area (Å²) in [5.74, 6) is -0.257. The van der Waals surface area contributed by atoms with Gasteiger partial charge in [0.2, 0.25) is 0 Å². The highest BCUT2D eigenvalue weighted by molar-refractivity contribution is 5.97. The molecule has 1 aromatic rings. The molecular formula is C14H16F3NO2. The lowest BCUT2D eigenvalue weighted by molar-refractivity contribution is -0.140. The molecule has 0 aromatic heterocycles. The second-order valence-electron chi connectivity index (χ2n) is 4.77. The molecule has 20 heavy (non-hydrogen) atoms. The number of amides is 1. The number of carbonyl (C=O) groups is 1. The first-order valence-electron chi connectivity index (χ1n) is 6.52. The molecular weight excluding hydrogens is 271 g/mol. The van der Waals surface area contributed by atoms with Crippen molar-refractivity contribution in [1.82, 2.24) is 4.90 Å². The minimum Gasteiger partial charge on any atom is -0.491 e. The molecule has 6 heteroatoms. The second kappa shape index (κ2) is 5.73. The van der Waals surface area contributed by atoms with Crippen LogP contribution >= 0.6 is 0 Å². The average molecular weight is 287 g/mol. The Bertz CT molecular complexity index is 500. The molecule has 0 saturated carbocycles. The van der Waals surface area contributed by atoms with Crippen LogP contribution < -0.4 is 4.74 Å². The maximum Gasteiger partial charge on any atom is 0.406 e. The van der Waals surface area contributed by atoms with E-state index in [0.29, 0.717) is 5.75 Å². The van der Waals surface area contributed by atoms with Gasteiger partial charge in [-0.2, -0.15) is 13.2 Å². The van der Waals surface area contributed by atoms with E-state index in [1.807, 2.05) is 13.0 Å². The molecule has 0 N–H and O–H groups in total. The highest BCUT2D eigenvalue weighted by atomic mass is 19.4. The number of hydrogen-bond acceptors (Lipinski definition) is 2. The summed E-state index contributed by atoms with van der Waals surface area (Å²) in [7, 11) is 0. The molecule has 0 saturated heterocycles. The molecule has 1 heterocycles. The Morgan fingerprint density at radius 2 is 2.10 bits per heavy atom. The lowest BCUT2D eigenvalue weighted by Crippen LogP contribution is -2.39. The predicted octanol–water partition coefficient (Wildman–Crippen LogP) is 3.04. The zero-order valence-electron chi connectivity index (χ0n) is 11.2. The van der Waals surface area contributed by atoms with Gasteiger partial charge in [-0.05, 0) is 24.1 Å². The molecule has 0 bridgehead atoms. The molecule has 1 aromatic carbocycles. The molecule has 0 unspecified atom stereocenters. The van der Waals surface area contributed by atoms with Crippen molar-refractivity contribution in [2.45, 2.75) is 25.9 Å². The molecule has 110 valence electrons. The summed E-state index contributed by atoms with van der Waals surface area (Å²) in [5, 5.41) is 0. The van der Waals surface area contributed by atoms with Crippen LogP contribution in [0.2, 0.25) is 0 Å². The SMILES string of the molecule is CCCc1ccc2c(c1)C(=O)N(CC(F)(F)F)CCO2. The van der Waals surface area contributed by atoms with Crippen LogP contribution in [0.4, 0.5) is 13.2 Å². The van der Waals surface area contributed by atoms with E-state index in [2.05, 4.69) is 0 Å². The molecule has 1 aliphatic heterocycles. The van der Waals surface area contributed by atoms with Crippen LogP contribution in [0.15, 0.2) is 18.2 Å². The third-order valence-electron chi connectivity index (χ3n) is 3.09. The van der Waals surface area contributed by atoms with E-state index in [0.717, 1.165) is 23.3 Å². The second-order valence-corrected chi connectivity index (χ2v) is 4.77. The minimum atomic E-state index is -4.40. The van der Waals surface area contributed by atoms with Crippen molar-refractivity contribution in [3.8, 4) is 5.75 Å². The summed E-state index contributed by atoms with van der Waals surface area (Å²) in [6.07, 6.45) is -2.72. The highest BCUT2D eigenvalue weighted by Gasteiger charge is 2.35. The molecule has 3 nitrogen and oxygen atoms in total. The molecule has 0 atom stereocenters. The third-order valence-corrected chi connectivity index (χ3v) is 3.09. The van der Waals surface area contributed by atoms with Gasteiger partial charge in [0.05, 0.1) is 12.1 Å². The van der Waals surface area contributed by atoms with E-state index >= 15 is 0 Å². The van der Waals surface area contributed by atoms with E-state index in [4.69, 9.17) is 4.74 Å². The Labute approximate surface area is 115 Å². The Balaban J connectivity index is 2.29. The molecule has 0 spiro atoms. The van der Waals surface area contributed by atoms with Gasteiger partial charge < -0.3 is 9.64 Å². The van der Waals surface area contributed by atoms with E-state index in [-0.39, 0.29) is 18.7 Å². The summed E-state index contributed by atoms with van der Waals surface area (Å²) < 4.78 is 42.8. The van der Waals surface area contributed by atoms with Crippen molar-refractivity contribution < 1.29 is 22.7 Å². The number of hydrogen-bond donors (Lipinski definition) is 0. The van der Waals surface area contributed by atoms with Gasteiger partial charge in [-0.15, -0.1) is 0 Å². The number of ether oxygens (including phenoxy) is 1. The lowest BCUT2D eigenvalue weighted by Gasteiger charge is -2.21. The minimum absolute atomic E-state index is 0.0594. The average Bonchev–Trinajstić information content (AvgIpc) is 2.50. The van der Waals surface area contributed by atoms with Gasteiger partial charge in [-0.25, -0.2) is 0 Å². The van der Waals surface area contributed by atoms with Crippen molar-refractivity contribution in [3.63, 3.8) is 0 Å². The van der Waals surface area contributed by atoms with Crippen molar-refractivity contribution in [1.29, 1.82) is 0 Å². The van der Waals surface area contributed by atoms with Gasteiger partial charge in [-0.3, -0.25) is 4.79 Å². The zero-order valence-corrected chi connectivity index (χ0v) is 11.2. The number of halogens is 3. The van der Waals surface area contributed by atoms with Crippen LogP contribution in [0.5, 0.6) is 5.75 Å². The fourth-order valence-corrected chi connectivity index (χ4v) is 2.22. The molecule has 2 rings (SSSR count). The Morgan fingerprint density at radius 3 is 2.75 bits per heavy atom. The van der Waals surface area contributed by atoms with Crippen LogP contribution in [0.1, 0.15) is 29.3 Å². The largest absolute Gasteiger partial charge is 0.491 e. The number of nitrogens with zero attached hydrogens (tertiary/aromatic N) is 1.